The summed E-state index contributed by atoms with van der Waals surface area (Å²) in [4.78, 5) is 25.0. The van der Waals surface area contributed by atoms with Crippen LogP contribution in [0, 0.1) is 11.8 Å². The first kappa shape index (κ1) is 8.73. The highest BCUT2D eigenvalue weighted by atomic mass is 16.2. The highest BCUT2D eigenvalue weighted by Crippen LogP contribution is 2.35. The summed E-state index contributed by atoms with van der Waals surface area (Å²) < 4.78 is 0. The third-order valence-corrected chi connectivity index (χ3v) is 2.98. The third-order valence-electron chi connectivity index (χ3n) is 2.98. The minimum Gasteiger partial charge on any atom is -0.345 e. The fraction of sp³-hybridized carbons (Fsp3) is 0.800. The lowest BCUT2D eigenvalue weighted by molar-refractivity contribution is -0.143. The van der Waals surface area contributed by atoms with Gasteiger partial charge in [0.2, 0.25) is 5.91 Å². The highest BCUT2D eigenvalue weighted by Gasteiger charge is 2.40. The number of Topliss-reactive ketones (excluding diaryl/α,β-unsaturated/α-hetero) is 1. The van der Waals surface area contributed by atoms with Crippen molar-refractivity contribution in [2.75, 3.05) is 13.6 Å². The van der Waals surface area contributed by atoms with Crippen LogP contribution in [-0.2, 0) is 9.59 Å². The Morgan fingerprint density at radius 3 is 2.69 bits per heavy atom. The highest BCUT2D eigenvalue weighted by molar-refractivity contribution is 6.03. The number of hydrogen-bond donors (Lipinski definition) is 0. The van der Waals surface area contributed by atoms with Crippen molar-refractivity contribution in [2.24, 2.45) is 11.8 Å². The molecule has 1 atom stereocenters. The van der Waals surface area contributed by atoms with Gasteiger partial charge >= 0.3 is 0 Å². The Hall–Kier alpha value is -0.860. The normalized spacial score (nSPS) is 29.2. The molecule has 13 heavy (non-hydrogen) atoms. The molecule has 0 aromatic heterocycles. The zero-order valence-electron chi connectivity index (χ0n) is 7.95. The van der Waals surface area contributed by atoms with Crippen molar-refractivity contribution >= 4 is 11.7 Å². The second-order valence-electron chi connectivity index (χ2n) is 4.13. The van der Waals surface area contributed by atoms with Gasteiger partial charge in [-0.3, -0.25) is 9.59 Å². The maximum absolute atomic E-state index is 11.7. The lowest BCUT2D eigenvalue weighted by Gasteiger charge is -2.28. The number of ketones is 1. The van der Waals surface area contributed by atoms with Crippen LogP contribution in [0.1, 0.15) is 25.7 Å². The Morgan fingerprint density at radius 1 is 1.38 bits per heavy atom. The quantitative estimate of drug-likeness (QED) is 0.592. The van der Waals surface area contributed by atoms with Crippen molar-refractivity contribution < 1.29 is 9.59 Å². The zero-order valence-corrected chi connectivity index (χ0v) is 7.95. The molecule has 72 valence electrons. The third kappa shape index (κ3) is 1.60. The summed E-state index contributed by atoms with van der Waals surface area (Å²) in [5.74, 6) is 0.173. The van der Waals surface area contributed by atoms with E-state index in [-0.39, 0.29) is 23.5 Å². The number of amides is 1. The summed E-state index contributed by atoms with van der Waals surface area (Å²) in [6, 6.07) is 0. The van der Waals surface area contributed by atoms with Gasteiger partial charge < -0.3 is 4.90 Å². The van der Waals surface area contributed by atoms with Gasteiger partial charge in [-0.15, -0.1) is 0 Å². The zero-order chi connectivity index (χ0) is 9.42. The molecule has 1 heterocycles. The van der Waals surface area contributed by atoms with E-state index in [1.807, 2.05) is 0 Å². The van der Waals surface area contributed by atoms with Crippen molar-refractivity contribution in [2.45, 2.75) is 25.7 Å². The summed E-state index contributed by atoms with van der Waals surface area (Å²) in [5.41, 5.74) is 0. The average Bonchev–Trinajstić information content (AvgIpc) is 2.91. The molecule has 0 spiro atoms. The van der Waals surface area contributed by atoms with Crippen LogP contribution in [0.4, 0.5) is 0 Å². The molecule has 1 unspecified atom stereocenters. The van der Waals surface area contributed by atoms with E-state index < -0.39 is 0 Å². The predicted molar refractivity (Wildman–Crippen MR) is 48.1 cm³/mol. The summed E-state index contributed by atoms with van der Waals surface area (Å²) in [5, 5.41) is 0. The molecule has 2 aliphatic rings. The first-order valence-corrected chi connectivity index (χ1v) is 4.99. The molecule has 0 N–H and O–H groups in total. The second-order valence-corrected chi connectivity index (χ2v) is 4.13. The van der Waals surface area contributed by atoms with Crippen molar-refractivity contribution in [1.29, 1.82) is 0 Å². The summed E-state index contributed by atoms with van der Waals surface area (Å²) in [6.07, 6.45) is 3.77. The molecule has 2 fully saturated rings. The average molecular weight is 181 g/mol. The first-order chi connectivity index (χ1) is 6.20. The molecule has 1 saturated carbocycles. The van der Waals surface area contributed by atoms with E-state index in [4.69, 9.17) is 0 Å². The molecule has 1 aliphatic carbocycles. The van der Waals surface area contributed by atoms with Gasteiger partial charge in [0.15, 0.2) is 0 Å². The number of carbonyl (C=O) groups excluding carboxylic acids is 2. The van der Waals surface area contributed by atoms with Gasteiger partial charge in [0.25, 0.3) is 0 Å². The lowest BCUT2D eigenvalue weighted by atomic mass is 9.91. The Labute approximate surface area is 78.1 Å². The van der Waals surface area contributed by atoms with E-state index in [1.54, 1.807) is 11.9 Å². The summed E-state index contributed by atoms with van der Waals surface area (Å²) >= 11 is 0. The number of piperidine rings is 1. The van der Waals surface area contributed by atoms with E-state index in [2.05, 4.69) is 0 Å². The molecule has 1 saturated heterocycles. The molecule has 0 aromatic rings. The van der Waals surface area contributed by atoms with Crippen molar-refractivity contribution in [3.63, 3.8) is 0 Å². The molecular formula is C10H15NO2. The number of hydrogen-bond acceptors (Lipinski definition) is 2. The standard InChI is InChI=1S/C10H15NO2/c1-11-6-2-3-8(10(11)13)9(12)7-4-5-7/h7-8H,2-6H2,1H3. The monoisotopic (exact) mass is 181 g/mol. The fourth-order valence-corrected chi connectivity index (χ4v) is 1.95. The van der Waals surface area contributed by atoms with Gasteiger partial charge in [-0.1, -0.05) is 0 Å². The minimum absolute atomic E-state index is 0.0446. The van der Waals surface area contributed by atoms with Crippen LogP contribution >= 0.6 is 0 Å². The molecule has 3 heteroatoms. The number of carbonyl (C=O) groups is 2. The molecule has 1 aliphatic heterocycles. The molecule has 0 aromatic carbocycles. The Kier molecular flexibility index (Phi) is 2.10. The largest absolute Gasteiger partial charge is 0.345 e. The van der Waals surface area contributed by atoms with Crippen LogP contribution in [0.25, 0.3) is 0 Å². The second kappa shape index (κ2) is 3.13. The van der Waals surface area contributed by atoms with E-state index in [0.717, 1.165) is 32.2 Å². The summed E-state index contributed by atoms with van der Waals surface area (Å²) in [7, 11) is 1.79. The van der Waals surface area contributed by atoms with Gasteiger partial charge in [0.05, 0.1) is 5.92 Å². The topological polar surface area (TPSA) is 37.4 Å². The number of rotatable bonds is 2. The van der Waals surface area contributed by atoms with Gasteiger partial charge in [0.1, 0.15) is 5.78 Å². The van der Waals surface area contributed by atoms with E-state index >= 15 is 0 Å². The van der Waals surface area contributed by atoms with Crippen LogP contribution in [0.3, 0.4) is 0 Å². The Balaban J connectivity index is 2.04. The number of nitrogens with zero attached hydrogens (tertiary/aromatic N) is 1. The van der Waals surface area contributed by atoms with Crippen molar-refractivity contribution in [3.8, 4) is 0 Å². The van der Waals surface area contributed by atoms with Crippen molar-refractivity contribution in [1.82, 2.24) is 4.90 Å². The van der Waals surface area contributed by atoms with Crippen LogP contribution in [0.5, 0.6) is 0 Å². The molecule has 0 radical (unpaired) electrons. The van der Waals surface area contributed by atoms with E-state index in [0.29, 0.717) is 0 Å². The smallest absolute Gasteiger partial charge is 0.232 e. The molecule has 1 amide bonds. The first-order valence-electron chi connectivity index (χ1n) is 4.99. The Bertz CT molecular complexity index is 237. The fourth-order valence-electron chi connectivity index (χ4n) is 1.95. The van der Waals surface area contributed by atoms with E-state index in [9.17, 15) is 9.59 Å². The number of likely N-dealkylation sites (tertiary alicyclic amines) is 1. The van der Waals surface area contributed by atoms with Gasteiger partial charge in [-0.25, -0.2) is 0 Å². The van der Waals surface area contributed by atoms with Crippen LogP contribution in [0.15, 0.2) is 0 Å². The van der Waals surface area contributed by atoms with E-state index in [1.165, 1.54) is 0 Å². The maximum atomic E-state index is 11.7. The molecule has 2 rings (SSSR count). The predicted octanol–water partition coefficient (Wildman–Crippen LogP) is 0.834. The van der Waals surface area contributed by atoms with Gasteiger partial charge in [-0.2, -0.15) is 0 Å². The SMILES string of the molecule is CN1CCCC(C(=O)C2CC2)C1=O. The van der Waals surface area contributed by atoms with Crippen LogP contribution in [0.2, 0.25) is 0 Å². The lowest BCUT2D eigenvalue weighted by Crippen LogP contribution is -2.42. The van der Waals surface area contributed by atoms with Crippen molar-refractivity contribution in [3.05, 3.63) is 0 Å². The van der Waals surface area contributed by atoms with Gasteiger partial charge in [-0.05, 0) is 25.7 Å². The Morgan fingerprint density at radius 2 is 2.08 bits per heavy atom. The van der Waals surface area contributed by atoms with Crippen LogP contribution in [-0.4, -0.2) is 30.2 Å². The molecular weight excluding hydrogens is 166 g/mol. The summed E-state index contributed by atoms with van der Waals surface area (Å²) in [6.45, 7) is 0.813. The maximum Gasteiger partial charge on any atom is 0.232 e. The van der Waals surface area contributed by atoms with Gasteiger partial charge in [0, 0.05) is 19.5 Å². The molecule has 3 nitrogen and oxygen atoms in total. The minimum atomic E-state index is -0.300. The van der Waals surface area contributed by atoms with Crippen LogP contribution < -0.4 is 0 Å². The molecule has 0 bridgehead atoms.